The van der Waals surface area contributed by atoms with Crippen LogP contribution >= 0.6 is 11.6 Å². The van der Waals surface area contributed by atoms with Crippen LogP contribution in [-0.4, -0.2) is 5.91 Å². The molecule has 2 nitrogen and oxygen atoms in total. The summed E-state index contributed by atoms with van der Waals surface area (Å²) in [5, 5.41) is 2.86. The molecule has 15 heavy (non-hydrogen) atoms. The van der Waals surface area contributed by atoms with E-state index in [1.807, 2.05) is 45.0 Å². The third-order valence-corrected chi connectivity index (χ3v) is 2.33. The van der Waals surface area contributed by atoms with Crippen molar-refractivity contribution in [3.63, 3.8) is 0 Å². The highest BCUT2D eigenvalue weighted by atomic mass is 35.5. The molecule has 1 amide bonds. The number of hydrogen-bond donors (Lipinski definition) is 1. The molecule has 1 N–H and O–H groups in total. The molecular weight excluding hydrogens is 210 g/mol. The van der Waals surface area contributed by atoms with Crippen molar-refractivity contribution >= 4 is 23.2 Å². The molecule has 0 unspecified atom stereocenters. The number of halogens is 1. The smallest absolute Gasteiger partial charge is 0.229 e. The number of benzene rings is 1. The molecule has 82 valence electrons. The zero-order valence-corrected chi connectivity index (χ0v) is 10.1. The van der Waals surface area contributed by atoms with Gasteiger partial charge in [0.2, 0.25) is 5.91 Å². The summed E-state index contributed by atoms with van der Waals surface area (Å²) in [4.78, 5) is 11.7. The van der Waals surface area contributed by atoms with Crippen molar-refractivity contribution in [2.75, 3.05) is 5.32 Å². The lowest BCUT2D eigenvalue weighted by Crippen LogP contribution is -2.27. The van der Waals surface area contributed by atoms with Gasteiger partial charge in [0.1, 0.15) is 0 Å². The minimum absolute atomic E-state index is 0.00854. The lowest BCUT2D eigenvalue weighted by Gasteiger charge is -2.17. The Kier molecular flexibility index (Phi) is 3.75. The average molecular weight is 226 g/mol. The van der Waals surface area contributed by atoms with Gasteiger partial charge in [0.15, 0.2) is 0 Å². The van der Waals surface area contributed by atoms with E-state index in [0.29, 0.717) is 5.88 Å². The summed E-state index contributed by atoms with van der Waals surface area (Å²) in [6.07, 6.45) is 0. The molecule has 3 heteroatoms. The van der Waals surface area contributed by atoms with E-state index in [1.165, 1.54) is 0 Å². The van der Waals surface area contributed by atoms with Crippen LogP contribution in [0.4, 0.5) is 5.69 Å². The third-order valence-electron chi connectivity index (χ3n) is 2.02. The maximum atomic E-state index is 11.7. The van der Waals surface area contributed by atoms with Gasteiger partial charge in [0.05, 0.1) is 0 Å². The largest absolute Gasteiger partial charge is 0.326 e. The van der Waals surface area contributed by atoms with E-state index in [9.17, 15) is 4.79 Å². The normalized spacial score (nSPS) is 11.2. The molecular formula is C12H16ClNO. The summed E-state index contributed by atoms with van der Waals surface area (Å²) in [5.41, 5.74) is 1.42. The van der Waals surface area contributed by atoms with E-state index in [1.54, 1.807) is 0 Å². The molecule has 0 saturated carbocycles. The number of carbonyl (C=O) groups excluding carboxylic acids is 1. The van der Waals surface area contributed by atoms with Crippen LogP contribution in [-0.2, 0) is 10.7 Å². The molecule has 0 aromatic heterocycles. The summed E-state index contributed by atoms with van der Waals surface area (Å²) in [6, 6.07) is 7.56. The fourth-order valence-corrected chi connectivity index (χ4v) is 1.22. The number of nitrogens with one attached hydrogen (secondary N) is 1. The minimum atomic E-state index is -0.378. The molecule has 0 aliphatic heterocycles. The standard InChI is InChI=1S/C12H16ClNO/c1-12(2,3)11(15)14-10-6-4-5-9(7-10)8-13/h4-7H,8H2,1-3H3,(H,14,15). The highest BCUT2D eigenvalue weighted by Crippen LogP contribution is 2.18. The molecule has 1 rings (SSSR count). The molecule has 0 spiro atoms. The van der Waals surface area contributed by atoms with E-state index in [0.717, 1.165) is 11.3 Å². The highest BCUT2D eigenvalue weighted by molar-refractivity contribution is 6.17. The van der Waals surface area contributed by atoms with Crippen LogP contribution in [0.5, 0.6) is 0 Å². The van der Waals surface area contributed by atoms with Gasteiger partial charge < -0.3 is 5.32 Å². The SMILES string of the molecule is CC(C)(C)C(=O)Nc1cccc(CCl)c1. The molecule has 1 aromatic rings. The second kappa shape index (κ2) is 4.67. The predicted molar refractivity (Wildman–Crippen MR) is 64.1 cm³/mol. The number of carbonyl (C=O) groups is 1. The van der Waals surface area contributed by atoms with Gasteiger partial charge in [-0.2, -0.15) is 0 Å². The van der Waals surface area contributed by atoms with Gasteiger partial charge in [-0.25, -0.2) is 0 Å². The topological polar surface area (TPSA) is 29.1 Å². The zero-order valence-electron chi connectivity index (χ0n) is 9.30. The monoisotopic (exact) mass is 225 g/mol. The van der Waals surface area contributed by atoms with Crippen molar-refractivity contribution < 1.29 is 4.79 Å². The first kappa shape index (κ1) is 12.1. The summed E-state index contributed by atoms with van der Waals surface area (Å²) in [5.74, 6) is 0.466. The maximum Gasteiger partial charge on any atom is 0.229 e. The van der Waals surface area contributed by atoms with Crippen LogP contribution in [0.3, 0.4) is 0 Å². The van der Waals surface area contributed by atoms with Crippen LogP contribution in [0.1, 0.15) is 26.3 Å². The Bertz CT molecular complexity index is 355. The Morgan fingerprint density at radius 2 is 2.07 bits per heavy atom. The van der Waals surface area contributed by atoms with Gasteiger partial charge in [0.25, 0.3) is 0 Å². The van der Waals surface area contributed by atoms with Crippen LogP contribution in [0, 0.1) is 5.41 Å². The molecule has 0 aliphatic rings. The first-order valence-electron chi connectivity index (χ1n) is 4.90. The van der Waals surface area contributed by atoms with Gasteiger partial charge in [-0.1, -0.05) is 32.9 Å². The van der Waals surface area contributed by atoms with Crippen molar-refractivity contribution in [2.24, 2.45) is 5.41 Å². The highest BCUT2D eigenvalue weighted by Gasteiger charge is 2.20. The molecule has 0 fully saturated rings. The van der Waals surface area contributed by atoms with Crippen molar-refractivity contribution in [1.82, 2.24) is 0 Å². The fourth-order valence-electron chi connectivity index (χ4n) is 1.05. The molecule has 0 heterocycles. The number of anilines is 1. The fraction of sp³-hybridized carbons (Fsp3) is 0.417. The lowest BCUT2D eigenvalue weighted by molar-refractivity contribution is -0.123. The van der Waals surface area contributed by atoms with Crippen molar-refractivity contribution in [1.29, 1.82) is 0 Å². The van der Waals surface area contributed by atoms with E-state index in [2.05, 4.69) is 5.32 Å². The zero-order chi connectivity index (χ0) is 11.5. The van der Waals surface area contributed by atoms with Crippen LogP contribution in [0.15, 0.2) is 24.3 Å². The Hall–Kier alpha value is -1.02. The quantitative estimate of drug-likeness (QED) is 0.768. The second-order valence-electron chi connectivity index (χ2n) is 4.54. The minimum Gasteiger partial charge on any atom is -0.326 e. The summed E-state index contributed by atoms with van der Waals surface area (Å²) < 4.78 is 0. The third kappa shape index (κ3) is 3.56. The van der Waals surface area contributed by atoms with Gasteiger partial charge >= 0.3 is 0 Å². The molecule has 1 aromatic carbocycles. The predicted octanol–water partition coefficient (Wildman–Crippen LogP) is 3.41. The van der Waals surface area contributed by atoms with Gasteiger partial charge in [-0.3, -0.25) is 4.79 Å². The number of rotatable bonds is 2. The van der Waals surface area contributed by atoms with E-state index in [4.69, 9.17) is 11.6 Å². The second-order valence-corrected chi connectivity index (χ2v) is 4.81. The van der Waals surface area contributed by atoms with Gasteiger partial charge in [-0.05, 0) is 17.7 Å². The summed E-state index contributed by atoms with van der Waals surface area (Å²) in [6.45, 7) is 5.65. The number of hydrogen-bond acceptors (Lipinski definition) is 1. The number of alkyl halides is 1. The number of amides is 1. The Balaban J connectivity index is 2.77. The average Bonchev–Trinajstić information content (AvgIpc) is 2.16. The van der Waals surface area contributed by atoms with E-state index >= 15 is 0 Å². The van der Waals surface area contributed by atoms with Gasteiger partial charge in [-0.15, -0.1) is 11.6 Å². The Morgan fingerprint density at radius 1 is 1.40 bits per heavy atom. The van der Waals surface area contributed by atoms with Crippen molar-refractivity contribution in [3.05, 3.63) is 29.8 Å². The molecule has 0 bridgehead atoms. The van der Waals surface area contributed by atoms with Crippen molar-refractivity contribution in [3.8, 4) is 0 Å². The first-order chi connectivity index (χ1) is 6.93. The molecule has 0 atom stereocenters. The summed E-state index contributed by atoms with van der Waals surface area (Å²) >= 11 is 5.71. The van der Waals surface area contributed by atoms with Crippen LogP contribution in [0.2, 0.25) is 0 Å². The van der Waals surface area contributed by atoms with E-state index in [-0.39, 0.29) is 11.3 Å². The first-order valence-corrected chi connectivity index (χ1v) is 5.43. The van der Waals surface area contributed by atoms with E-state index < -0.39 is 0 Å². The van der Waals surface area contributed by atoms with Crippen LogP contribution < -0.4 is 5.32 Å². The molecule has 0 saturated heterocycles. The van der Waals surface area contributed by atoms with Crippen molar-refractivity contribution in [2.45, 2.75) is 26.7 Å². The Labute approximate surface area is 95.6 Å². The molecule has 0 aliphatic carbocycles. The van der Waals surface area contributed by atoms with Crippen LogP contribution in [0.25, 0.3) is 0 Å². The van der Waals surface area contributed by atoms with Gasteiger partial charge in [0, 0.05) is 17.0 Å². The molecule has 0 radical (unpaired) electrons. The lowest BCUT2D eigenvalue weighted by atomic mass is 9.95. The summed E-state index contributed by atoms with van der Waals surface area (Å²) in [7, 11) is 0. The Morgan fingerprint density at radius 3 is 2.60 bits per heavy atom. The maximum absolute atomic E-state index is 11.7.